The van der Waals surface area contributed by atoms with Crippen LogP contribution in [0, 0.1) is 0 Å². The number of rotatable bonds is 6. The highest BCUT2D eigenvalue weighted by atomic mass is 16.7. The van der Waals surface area contributed by atoms with Crippen molar-refractivity contribution in [3.05, 3.63) is 0 Å². The summed E-state index contributed by atoms with van der Waals surface area (Å²) in [4.78, 5) is 11.6. The Morgan fingerprint density at radius 2 is 1.44 bits per heavy atom. The van der Waals surface area contributed by atoms with Gasteiger partial charge in [-0.3, -0.25) is 4.79 Å². The number of hydrogen-bond acceptors (Lipinski definition) is 12. The van der Waals surface area contributed by atoms with E-state index in [1.54, 1.807) is 0 Å². The molecule has 2 heterocycles. The molecule has 12 heteroatoms. The third-order valence-corrected chi connectivity index (χ3v) is 4.51. The molecule has 0 aromatic carbocycles. The first kappa shape index (κ1) is 22.4. The van der Waals surface area contributed by atoms with Gasteiger partial charge >= 0.3 is 5.97 Å². The van der Waals surface area contributed by atoms with Crippen LogP contribution in [0.5, 0.6) is 0 Å². The maximum Gasteiger partial charge on any atom is 0.306 e. The van der Waals surface area contributed by atoms with Crippen LogP contribution in [0.15, 0.2) is 0 Å². The minimum Gasteiger partial charge on any atom is -0.454 e. The molecule has 0 amide bonds. The SMILES string of the molecule is CCC(=O)O[C@H]1[C@H](O[C@H]2[C@H](O)[C@@H](O)[C@H](O)O[C@@H]2CO)O[C@H](CO)[C@H](O)[C@@H]1O. The number of carbonyl (C=O) groups excluding carboxylic acids is 1. The summed E-state index contributed by atoms with van der Waals surface area (Å²) >= 11 is 0. The van der Waals surface area contributed by atoms with E-state index in [2.05, 4.69) is 0 Å². The summed E-state index contributed by atoms with van der Waals surface area (Å²) in [5.41, 5.74) is 0. The Balaban J connectivity index is 2.23. The Kier molecular flexibility index (Phi) is 7.88. The van der Waals surface area contributed by atoms with Crippen molar-refractivity contribution in [1.82, 2.24) is 0 Å². The zero-order chi connectivity index (χ0) is 20.3. The Bertz CT molecular complexity index is 487. The van der Waals surface area contributed by atoms with Crippen LogP contribution in [-0.2, 0) is 23.7 Å². The Morgan fingerprint density at radius 3 is 2.00 bits per heavy atom. The van der Waals surface area contributed by atoms with Crippen molar-refractivity contribution in [1.29, 1.82) is 0 Å². The molecule has 2 fully saturated rings. The number of hydrogen-bond donors (Lipinski definition) is 7. The third-order valence-electron chi connectivity index (χ3n) is 4.51. The van der Waals surface area contributed by atoms with Crippen LogP contribution < -0.4 is 0 Å². The smallest absolute Gasteiger partial charge is 0.306 e. The van der Waals surface area contributed by atoms with Crippen molar-refractivity contribution >= 4 is 5.97 Å². The van der Waals surface area contributed by atoms with Crippen LogP contribution in [0.25, 0.3) is 0 Å². The normalized spacial score (nSPS) is 45.5. The largest absolute Gasteiger partial charge is 0.454 e. The molecule has 2 aliphatic rings. The highest BCUT2D eigenvalue weighted by Gasteiger charge is 2.51. The van der Waals surface area contributed by atoms with E-state index in [-0.39, 0.29) is 6.42 Å². The van der Waals surface area contributed by atoms with E-state index in [1.807, 2.05) is 0 Å². The second-order valence-electron chi connectivity index (χ2n) is 6.34. The van der Waals surface area contributed by atoms with E-state index in [1.165, 1.54) is 6.92 Å². The molecule has 27 heavy (non-hydrogen) atoms. The standard InChI is InChI=1S/C15H26O12/c1-2-7(18)26-13-9(20)8(19)5(3-16)25-15(13)27-12-6(4-17)24-14(23)11(22)10(12)21/h5-6,8-17,19-23H,2-4H2,1H3/t5-,6-,8+,9+,10-,11-,12-,13-,14-,15+/m1/s1. The first-order valence-electron chi connectivity index (χ1n) is 8.53. The van der Waals surface area contributed by atoms with E-state index in [4.69, 9.17) is 18.9 Å². The van der Waals surface area contributed by atoms with E-state index in [9.17, 15) is 40.5 Å². The van der Waals surface area contributed by atoms with Crippen molar-refractivity contribution in [3.8, 4) is 0 Å². The lowest BCUT2D eigenvalue weighted by Crippen LogP contribution is -2.65. The molecule has 0 spiro atoms. The van der Waals surface area contributed by atoms with Crippen molar-refractivity contribution in [2.45, 2.75) is 74.8 Å². The van der Waals surface area contributed by atoms with Crippen molar-refractivity contribution in [3.63, 3.8) is 0 Å². The van der Waals surface area contributed by atoms with Gasteiger partial charge in [0, 0.05) is 6.42 Å². The van der Waals surface area contributed by atoms with Gasteiger partial charge < -0.3 is 54.7 Å². The molecule has 2 saturated heterocycles. The number of aliphatic hydroxyl groups excluding tert-OH is 7. The van der Waals surface area contributed by atoms with Crippen LogP contribution in [0.2, 0.25) is 0 Å². The zero-order valence-electron chi connectivity index (χ0n) is 14.6. The molecule has 0 aliphatic carbocycles. The van der Waals surface area contributed by atoms with Crippen molar-refractivity contribution < 1.29 is 59.5 Å². The lowest BCUT2D eigenvalue weighted by Gasteiger charge is -2.46. The lowest BCUT2D eigenvalue weighted by molar-refractivity contribution is -0.355. The Morgan fingerprint density at radius 1 is 0.852 bits per heavy atom. The average molecular weight is 398 g/mol. The first-order valence-corrected chi connectivity index (χ1v) is 8.53. The Labute approximate surface area is 154 Å². The molecule has 0 saturated carbocycles. The maximum absolute atomic E-state index is 11.6. The second-order valence-corrected chi connectivity index (χ2v) is 6.34. The van der Waals surface area contributed by atoms with Crippen molar-refractivity contribution in [2.24, 2.45) is 0 Å². The van der Waals surface area contributed by atoms with Gasteiger partial charge in [0.2, 0.25) is 0 Å². The topological polar surface area (TPSA) is 196 Å². The minimum absolute atomic E-state index is 0.0468. The fraction of sp³-hybridized carbons (Fsp3) is 0.933. The van der Waals surface area contributed by atoms with Gasteiger partial charge in [0.1, 0.15) is 42.7 Å². The van der Waals surface area contributed by atoms with Gasteiger partial charge in [0.25, 0.3) is 0 Å². The van der Waals surface area contributed by atoms with Crippen LogP contribution in [0.4, 0.5) is 0 Å². The summed E-state index contributed by atoms with van der Waals surface area (Å²) in [6.07, 6.45) is -15.7. The van der Waals surface area contributed by atoms with E-state index in [0.717, 1.165) is 0 Å². The van der Waals surface area contributed by atoms with Crippen LogP contribution in [0.3, 0.4) is 0 Å². The summed E-state index contributed by atoms with van der Waals surface area (Å²) in [5, 5.41) is 68.3. The van der Waals surface area contributed by atoms with Gasteiger partial charge in [-0.1, -0.05) is 6.92 Å². The monoisotopic (exact) mass is 398 g/mol. The summed E-state index contributed by atoms with van der Waals surface area (Å²) in [5.74, 6) is -0.736. The van der Waals surface area contributed by atoms with Crippen molar-refractivity contribution in [2.75, 3.05) is 13.2 Å². The van der Waals surface area contributed by atoms with Gasteiger partial charge in [0.15, 0.2) is 18.7 Å². The summed E-state index contributed by atoms with van der Waals surface area (Å²) in [6, 6.07) is 0. The minimum atomic E-state index is -1.77. The third kappa shape index (κ3) is 4.74. The first-order chi connectivity index (χ1) is 12.7. The lowest BCUT2D eigenvalue weighted by atomic mass is 9.97. The molecule has 0 radical (unpaired) electrons. The summed E-state index contributed by atoms with van der Waals surface area (Å²) < 4.78 is 20.8. The average Bonchev–Trinajstić information content (AvgIpc) is 2.66. The molecule has 158 valence electrons. The van der Waals surface area contributed by atoms with Gasteiger partial charge in [-0.05, 0) is 0 Å². The predicted molar refractivity (Wildman–Crippen MR) is 82.8 cm³/mol. The van der Waals surface area contributed by atoms with Gasteiger partial charge in [0.05, 0.1) is 13.2 Å². The number of aliphatic hydroxyl groups is 7. The van der Waals surface area contributed by atoms with Gasteiger partial charge in [-0.2, -0.15) is 0 Å². The molecule has 2 rings (SSSR count). The molecular weight excluding hydrogens is 372 g/mol. The quantitative estimate of drug-likeness (QED) is 0.212. The molecule has 0 aromatic rings. The van der Waals surface area contributed by atoms with Gasteiger partial charge in [-0.25, -0.2) is 0 Å². The van der Waals surface area contributed by atoms with E-state index >= 15 is 0 Å². The number of esters is 1. The summed E-state index contributed by atoms with van der Waals surface area (Å²) in [7, 11) is 0. The van der Waals surface area contributed by atoms with Crippen LogP contribution >= 0.6 is 0 Å². The fourth-order valence-electron chi connectivity index (χ4n) is 2.92. The number of carbonyl (C=O) groups is 1. The summed E-state index contributed by atoms with van der Waals surface area (Å²) in [6.45, 7) is 0.104. The number of ether oxygens (including phenoxy) is 4. The molecule has 12 nitrogen and oxygen atoms in total. The second kappa shape index (κ2) is 9.52. The van der Waals surface area contributed by atoms with Crippen LogP contribution in [-0.4, -0.2) is 116 Å². The highest BCUT2D eigenvalue weighted by Crippen LogP contribution is 2.30. The van der Waals surface area contributed by atoms with E-state index in [0.29, 0.717) is 0 Å². The molecule has 10 atom stereocenters. The molecule has 0 unspecified atom stereocenters. The molecule has 0 aromatic heterocycles. The molecule has 7 N–H and O–H groups in total. The molecular formula is C15H26O12. The predicted octanol–water partition coefficient (Wildman–Crippen LogP) is -4.44. The molecule has 2 aliphatic heterocycles. The molecule has 0 bridgehead atoms. The van der Waals surface area contributed by atoms with Crippen LogP contribution in [0.1, 0.15) is 13.3 Å². The van der Waals surface area contributed by atoms with E-state index < -0.39 is 80.6 Å². The highest BCUT2D eigenvalue weighted by molar-refractivity contribution is 5.69. The van der Waals surface area contributed by atoms with Gasteiger partial charge in [-0.15, -0.1) is 0 Å². The Hall–Kier alpha value is -0.930. The maximum atomic E-state index is 11.6. The zero-order valence-corrected chi connectivity index (χ0v) is 14.6. The fourth-order valence-corrected chi connectivity index (χ4v) is 2.92.